The second-order valence-corrected chi connectivity index (χ2v) is 9.45. The molecule has 0 radical (unpaired) electrons. The second kappa shape index (κ2) is 43.1. The molecule has 0 aromatic carbocycles. The Morgan fingerprint density at radius 3 is 0.733 bits per heavy atom. The molecule has 0 fully saturated rings. The van der Waals surface area contributed by atoms with E-state index in [1.54, 1.807) is 0 Å². The highest BCUT2D eigenvalue weighted by Gasteiger charge is 1.97. The first kappa shape index (κ1) is 44.1. The van der Waals surface area contributed by atoms with Crippen LogP contribution in [0.1, 0.15) is 32.6 Å². The molecule has 0 aliphatic heterocycles. The third-order valence-electron chi connectivity index (χ3n) is 5.70. The van der Waals surface area contributed by atoms with Gasteiger partial charge < -0.3 is 61.6 Å². The van der Waals surface area contributed by atoms with Crippen LogP contribution in [0.5, 0.6) is 0 Å². The molecule has 0 rings (SSSR count). The number of hydrogen-bond acceptors (Lipinski definition) is 13. The maximum Gasteiger partial charge on any atom is 0.111 e. The van der Waals surface area contributed by atoms with Gasteiger partial charge in [-0.25, -0.2) is 0 Å². The second-order valence-electron chi connectivity index (χ2n) is 9.45. The van der Waals surface area contributed by atoms with Crippen molar-refractivity contribution in [1.29, 1.82) is 0 Å². The Morgan fingerprint density at radius 1 is 0.289 bits per heavy atom. The minimum Gasteiger partial charge on any atom is -0.499 e. The van der Waals surface area contributed by atoms with Crippen molar-refractivity contribution in [2.75, 3.05) is 165 Å². The molecule has 0 amide bonds. The van der Waals surface area contributed by atoms with Crippen LogP contribution >= 0.6 is 0 Å². The SMILES string of the molecule is C=COCCOCCOCCOCCOCCOCCOCCOCCOCCOCCOCCOCCOCCCCCC. The molecule has 0 atom stereocenters. The molecule has 0 unspecified atom stereocenters. The Kier molecular flexibility index (Phi) is 42.2. The zero-order valence-corrected chi connectivity index (χ0v) is 28.1. The van der Waals surface area contributed by atoms with Gasteiger partial charge in [0.1, 0.15) is 6.61 Å². The predicted molar refractivity (Wildman–Crippen MR) is 170 cm³/mol. The van der Waals surface area contributed by atoms with Crippen LogP contribution in [-0.2, 0) is 61.6 Å². The van der Waals surface area contributed by atoms with Crippen molar-refractivity contribution in [3.05, 3.63) is 12.8 Å². The highest BCUT2D eigenvalue weighted by Crippen LogP contribution is 1.98. The van der Waals surface area contributed by atoms with Gasteiger partial charge in [0.2, 0.25) is 0 Å². The maximum atomic E-state index is 5.53. The summed E-state index contributed by atoms with van der Waals surface area (Å²) in [5.74, 6) is 0. The van der Waals surface area contributed by atoms with E-state index >= 15 is 0 Å². The fourth-order valence-corrected chi connectivity index (χ4v) is 3.34. The highest BCUT2D eigenvalue weighted by atomic mass is 16.6. The van der Waals surface area contributed by atoms with Crippen molar-refractivity contribution in [2.24, 2.45) is 0 Å². The molecule has 0 saturated heterocycles. The molecule has 0 aromatic heterocycles. The summed E-state index contributed by atoms with van der Waals surface area (Å²) in [4.78, 5) is 0. The Bertz CT molecular complexity index is 531. The third kappa shape index (κ3) is 43.1. The fraction of sp³-hybridized carbons (Fsp3) is 0.938. The van der Waals surface area contributed by atoms with Crippen molar-refractivity contribution in [3.8, 4) is 0 Å². The fourth-order valence-electron chi connectivity index (χ4n) is 3.34. The lowest BCUT2D eigenvalue weighted by Crippen LogP contribution is -2.15. The summed E-state index contributed by atoms with van der Waals surface area (Å²) in [5.41, 5.74) is 0. The summed E-state index contributed by atoms with van der Waals surface area (Å²) in [5, 5.41) is 0. The smallest absolute Gasteiger partial charge is 0.111 e. The van der Waals surface area contributed by atoms with Gasteiger partial charge in [-0.05, 0) is 6.42 Å². The van der Waals surface area contributed by atoms with Gasteiger partial charge in [-0.15, -0.1) is 0 Å². The van der Waals surface area contributed by atoms with Crippen LogP contribution in [0.4, 0.5) is 0 Å². The minimum absolute atomic E-state index is 0.503. The molecule has 45 heavy (non-hydrogen) atoms. The summed E-state index contributed by atoms with van der Waals surface area (Å²) in [6.45, 7) is 19.3. The topological polar surface area (TPSA) is 120 Å². The maximum absolute atomic E-state index is 5.53. The van der Waals surface area contributed by atoms with E-state index in [1.165, 1.54) is 25.5 Å². The van der Waals surface area contributed by atoms with E-state index in [0.717, 1.165) is 13.0 Å². The van der Waals surface area contributed by atoms with Gasteiger partial charge in [-0.3, -0.25) is 0 Å². The van der Waals surface area contributed by atoms with Crippen LogP contribution in [0, 0.1) is 0 Å². The van der Waals surface area contributed by atoms with Crippen LogP contribution in [0.25, 0.3) is 0 Å². The Hall–Kier alpha value is -0.940. The van der Waals surface area contributed by atoms with E-state index in [4.69, 9.17) is 61.6 Å². The molecule has 0 saturated carbocycles. The zero-order valence-electron chi connectivity index (χ0n) is 28.1. The number of ether oxygens (including phenoxy) is 13. The van der Waals surface area contributed by atoms with Crippen LogP contribution in [0.3, 0.4) is 0 Å². The van der Waals surface area contributed by atoms with Crippen molar-refractivity contribution in [2.45, 2.75) is 32.6 Å². The summed E-state index contributed by atoms with van der Waals surface area (Å²) in [7, 11) is 0. The van der Waals surface area contributed by atoms with Crippen molar-refractivity contribution < 1.29 is 61.6 Å². The van der Waals surface area contributed by atoms with Crippen molar-refractivity contribution >= 4 is 0 Å². The number of hydrogen-bond donors (Lipinski definition) is 0. The Morgan fingerprint density at radius 2 is 0.511 bits per heavy atom. The summed E-state index contributed by atoms with van der Waals surface area (Å²) < 4.78 is 70.4. The molecule has 13 heteroatoms. The lowest BCUT2D eigenvalue weighted by molar-refractivity contribution is -0.0286. The molecule has 0 aliphatic carbocycles. The quantitative estimate of drug-likeness (QED) is 0.0708. The Balaban J connectivity index is 3.03. The first-order valence-electron chi connectivity index (χ1n) is 16.6. The molecule has 0 heterocycles. The van der Waals surface area contributed by atoms with Gasteiger partial charge in [-0.2, -0.15) is 0 Å². The van der Waals surface area contributed by atoms with Gasteiger partial charge in [0.05, 0.1) is 158 Å². The van der Waals surface area contributed by atoms with Gasteiger partial charge >= 0.3 is 0 Å². The third-order valence-corrected chi connectivity index (χ3v) is 5.70. The highest BCUT2D eigenvalue weighted by molar-refractivity contribution is 4.48. The molecule has 0 spiro atoms. The van der Waals surface area contributed by atoms with E-state index in [-0.39, 0.29) is 0 Å². The summed E-state index contributed by atoms with van der Waals surface area (Å²) >= 11 is 0. The molecule has 270 valence electrons. The van der Waals surface area contributed by atoms with E-state index in [9.17, 15) is 0 Å². The molecular weight excluding hydrogens is 592 g/mol. The lowest BCUT2D eigenvalue weighted by Gasteiger charge is -2.09. The summed E-state index contributed by atoms with van der Waals surface area (Å²) in [6, 6.07) is 0. The van der Waals surface area contributed by atoms with Crippen LogP contribution < -0.4 is 0 Å². The van der Waals surface area contributed by atoms with Crippen molar-refractivity contribution in [3.63, 3.8) is 0 Å². The normalized spacial score (nSPS) is 11.4. The van der Waals surface area contributed by atoms with Gasteiger partial charge in [-0.1, -0.05) is 32.8 Å². The van der Waals surface area contributed by atoms with Crippen LogP contribution in [0.15, 0.2) is 12.8 Å². The van der Waals surface area contributed by atoms with E-state index in [0.29, 0.717) is 159 Å². The lowest BCUT2D eigenvalue weighted by atomic mass is 10.2. The van der Waals surface area contributed by atoms with Crippen LogP contribution in [-0.4, -0.2) is 165 Å². The van der Waals surface area contributed by atoms with E-state index < -0.39 is 0 Å². The van der Waals surface area contributed by atoms with Crippen LogP contribution in [0.2, 0.25) is 0 Å². The standard InChI is InChI=1S/C32H64O13/c1-3-5-6-7-8-34-11-12-36-15-16-38-19-20-40-23-24-42-27-28-44-31-32-45-30-29-43-26-25-41-22-21-39-18-17-37-14-13-35-10-9-33-4-2/h4H,2-3,5-32H2,1H3. The molecule has 13 nitrogen and oxygen atoms in total. The average Bonchev–Trinajstić information content (AvgIpc) is 3.05. The van der Waals surface area contributed by atoms with E-state index in [1.807, 2.05) is 0 Å². The van der Waals surface area contributed by atoms with Crippen molar-refractivity contribution in [1.82, 2.24) is 0 Å². The number of unbranched alkanes of at least 4 members (excludes halogenated alkanes) is 3. The largest absolute Gasteiger partial charge is 0.499 e. The zero-order chi connectivity index (χ0) is 32.4. The van der Waals surface area contributed by atoms with Gasteiger partial charge in [0.25, 0.3) is 0 Å². The molecule has 0 aromatic rings. The Labute approximate surface area is 272 Å². The molecular formula is C32H64O13. The molecule has 0 aliphatic rings. The molecule has 0 bridgehead atoms. The van der Waals surface area contributed by atoms with Gasteiger partial charge in [0, 0.05) is 6.61 Å². The average molecular weight is 657 g/mol. The summed E-state index contributed by atoms with van der Waals surface area (Å²) in [6.07, 6.45) is 6.29. The predicted octanol–water partition coefficient (Wildman–Crippen LogP) is 2.93. The number of rotatable bonds is 42. The first-order chi connectivity index (χ1) is 22.4. The molecule has 0 N–H and O–H groups in total. The first-order valence-corrected chi connectivity index (χ1v) is 16.6. The van der Waals surface area contributed by atoms with Gasteiger partial charge in [0.15, 0.2) is 0 Å². The monoisotopic (exact) mass is 656 g/mol. The minimum atomic E-state index is 0.503. The van der Waals surface area contributed by atoms with E-state index in [2.05, 4.69) is 13.5 Å².